The van der Waals surface area contributed by atoms with Crippen molar-refractivity contribution in [2.24, 2.45) is 0 Å². The largest absolute Gasteiger partial charge is 0.460 e. The molecule has 54 heavy (non-hydrogen) atoms. The summed E-state index contributed by atoms with van der Waals surface area (Å²) in [5.74, 6) is -0.119. The van der Waals surface area contributed by atoms with Gasteiger partial charge in [-0.2, -0.15) is 9.97 Å². The predicted octanol–water partition coefficient (Wildman–Crippen LogP) is 8.41. The van der Waals surface area contributed by atoms with Crippen molar-refractivity contribution in [3.05, 3.63) is 89.3 Å². The molecule has 0 spiro atoms. The van der Waals surface area contributed by atoms with Gasteiger partial charge in [0.2, 0.25) is 0 Å². The van der Waals surface area contributed by atoms with Crippen LogP contribution in [0.15, 0.2) is 72.9 Å². The topological polar surface area (TPSA) is 110 Å². The van der Waals surface area contributed by atoms with E-state index in [9.17, 15) is 9.59 Å². The maximum Gasteiger partial charge on any atom is 0.410 e. The van der Waals surface area contributed by atoms with Crippen LogP contribution in [0.3, 0.4) is 0 Å². The molecule has 0 N–H and O–H groups in total. The molecule has 2 aromatic heterocycles. The minimum absolute atomic E-state index is 0.0384. The van der Waals surface area contributed by atoms with Crippen LogP contribution < -0.4 is 9.64 Å². The Hall–Kier alpha value is -5.23. The molecule has 280 valence electrons. The number of pyridine rings is 1. The maximum atomic E-state index is 16.9. The lowest BCUT2D eigenvalue weighted by Gasteiger charge is -2.42. The van der Waals surface area contributed by atoms with Gasteiger partial charge in [-0.1, -0.05) is 72.3 Å². The molecule has 0 unspecified atom stereocenters. The first-order valence-corrected chi connectivity index (χ1v) is 18.8. The third kappa shape index (κ3) is 7.19. The minimum atomic E-state index is -0.614. The molecule has 0 radical (unpaired) electrons. The number of piperidine rings is 1. The fourth-order valence-corrected chi connectivity index (χ4v) is 8.08. The van der Waals surface area contributed by atoms with Crippen LogP contribution in [0, 0.1) is 5.82 Å². The molecular weight excluding hydrogens is 711 g/mol. The summed E-state index contributed by atoms with van der Waals surface area (Å²) in [6.07, 6.45) is 3.28. The first-order chi connectivity index (χ1) is 26.0. The second kappa shape index (κ2) is 14.5. The van der Waals surface area contributed by atoms with Crippen molar-refractivity contribution < 1.29 is 28.2 Å². The molecule has 0 aliphatic carbocycles. The third-order valence-corrected chi connectivity index (χ3v) is 10.6. The molecule has 11 nitrogen and oxygen atoms in total. The Kier molecular flexibility index (Phi) is 9.64. The lowest BCUT2D eigenvalue weighted by molar-refractivity contribution is 0.0122. The molecule has 5 aromatic rings. The number of piperazine rings is 1. The summed E-state index contributed by atoms with van der Waals surface area (Å²) in [5, 5.41) is 2.49. The van der Waals surface area contributed by atoms with Crippen LogP contribution in [0.5, 0.6) is 6.01 Å². The number of ether oxygens (including phenoxy) is 3. The van der Waals surface area contributed by atoms with Gasteiger partial charge in [0.1, 0.15) is 35.3 Å². The van der Waals surface area contributed by atoms with Gasteiger partial charge in [-0.25, -0.2) is 14.0 Å². The van der Waals surface area contributed by atoms with E-state index < -0.39 is 11.4 Å². The number of carbonyl (C=O) groups excluding carboxylic acids is 2. The molecule has 3 saturated heterocycles. The number of aromatic nitrogens is 3. The second-order valence-corrected chi connectivity index (χ2v) is 15.6. The third-order valence-electron chi connectivity index (χ3n) is 10.3. The zero-order valence-corrected chi connectivity index (χ0v) is 31.3. The van der Waals surface area contributed by atoms with Crippen LogP contribution >= 0.6 is 11.6 Å². The Labute approximate surface area is 318 Å². The highest BCUT2D eigenvalue weighted by Gasteiger charge is 2.45. The first-order valence-electron chi connectivity index (χ1n) is 18.4. The molecule has 2 atom stereocenters. The number of benzene rings is 3. The van der Waals surface area contributed by atoms with E-state index in [0.29, 0.717) is 66.2 Å². The van der Waals surface area contributed by atoms with Gasteiger partial charge in [0.15, 0.2) is 5.82 Å². The molecule has 3 aliphatic rings. The standard InChI is InChI=1S/C41H42ClFN6O5/c1-41(2,3)54-40(51)49-27-15-16-28(49)23-48(22-27)37-31-21-44-35(30-13-7-11-26-12-8-14-32(42)33(26)30)34(43)36(31)45-38(46-37)53-29-17-19-47(20-18-29)39(50)52-24-25-9-5-4-6-10-25/h4-14,21,27-29H,15-20,22-24H2,1-3H3/t27-,28+. The lowest BCUT2D eigenvalue weighted by atomic mass is 10.0. The average Bonchev–Trinajstić information content (AvgIpc) is 3.43. The second-order valence-electron chi connectivity index (χ2n) is 15.2. The Morgan fingerprint density at radius 2 is 1.59 bits per heavy atom. The summed E-state index contributed by atoms with van der Waals surface area (Å²) in [6.45, 7) is 7.60. The van der Waals surface area contributed by atoms with Crippen LogP contribution in [0.4, 0.5) is 19.8 Å². The molecule has 3 aromatic carbocycles. The fourth-order valence-electron chi connectivity index (χ4n) is 7.80. The molecule has 3 fully saturated rings. The average molecular weight is 753 g/mol. The Morgan fingerprint density at radius 3 is 2.30 bits per heavy atom. The van der Waals surface area contributed by atoms with Crippen molar-refractivity contribution in [1.29, 1.82) is 0 Å². The lowest BCUT2D eigenvalue weighted by Crippen LogP contribution is -2.57. The van der Waals surface area contributed by atoms with Crippen LogP contribution in [-0.2, 0) is 16.1 Å². The fraction of sp³-hybridized carbons (Fsp3) is 0.390. The Morgan fingerprint density at radius 1 is 0.889 bits per heavy atom. The summed E-state index contributed by atoms with van der Waals surface area (Å²) >= 11 is 6.65. The van der Waals surface area contributed by atoms with Gasteiger partial charge in [-0.05, 0) is 50.6 Å². The van der Waals surface area contributed by atoms with Crippen molar-refractivity contribution in [3.8, 4) is 17.3 Å². The molecule has 2 bridgehead atoms. The van der Waals surface area contributed by atoms with Gasteiger partial charge in [0.25, 0.3) is 0 Å². The SMILES string of the molecule is CC(C)(C)OC(=O)N1[C@@H]2CC[C@H]1CN(c1nc(OC3CCN(C(=O)OCc4ccccc4)CC3)nc3c(F)c(-c4cccc5cccc(Cl)c45)ncc13)C2. The molecule has 2 amide bonds. The van der Waals surface area contributed by atoms with Crippen LogP contribution in [0.2, 0.25) is 5.02 Å². The van der Waals surface area contributed by atoms with E-state index >= 15 is 4.39 Å². The highest BCUT2D eigenvalue weighted by Crippen LogP contribution is 2.40. The number of hydrogen-bond acceptors (Lipinski definition) is 9. The van der Waals surface area contributed by atoms with E-state index in [4.69, 9.17) is 30.8 Å². The van der Waals surface area contributed by atoms with Gasteiger partial charge in [0, 0.05) is 61.2 Å². The van der Waals surface area contributed by atoms with Crippen molar-refractivity contribution in [2.45, 2.75) is 76.9 Å². The molecule has 0 saturated carbocycles. The predicted molar refractivity (Wildman–Crippen MR) is 204 cm³/mol. The maximum absolute atomic E-state index is 16.9. The number of rotatable bonds is 6. The summed E-state index contributed by atoms with van der Waals surface area (Å²) in [5.41, 5.74) is 1.05. The number of hydrogen-bond donors (Lipinski definition) is 0. The van der Waals surface area contributed by atoms with E-state index in [2.05, 4.69) is 14.9 Å². The quantitative estimate of drug-likeness (QED) is 0.169. The molecule has 8 rings (SSSR count). The minimum Gasteiger partial charge on any atom is -0.460 e. The van der Waals surface area contributed by atoms with Crippen molar-refractivity contribution in [1.82, 2.24) is 24.8 Å². The van der Waals surface area contributed by atoms with Gasteiger partial charge >= 0.3 is 18.2 Å². The number of fused-ring (bicyclic) bond motifs is 4. The van der Waals surface area contributed by atoms with Crippen LogP contribution in [0.1, 0.15) is 52.0 Å². The molecular formula is C41H42ClFN6O5. The van der Waals surface area contributed by atoms with Crippen molar-refractivity contribution in [3.63, 3.8) is 0 Å². The van der Waals surface area contributed by atoms with Gasteiger partial charge in [-0.15, -0.1) is 0 Å². The van der Waals surface area contributed by atoms with Crippen molar-refractivity contribution in [2.75, 3.05) is 31.1 Å². The smallest absolute Gasteiger partial charge is 0.410 e. The van der Waals surface area contributed by atoms with E-state index in [1.54, 1.807) is 23.2 Å². The van der Waals surface area contributed by atoms with E-state index in [1.807, 2.05) is 80.3 Å². The summed E-state index contributed by atoms with van der Waals surface area (Å²) in [6, 6.07) is 20.5. The number of amides is 2. The Bertz CT molecular complexity index is 2190. The highest BCUT2D eigenvalue weighted by molar-refractivity contribution is 6.36. The zero-order valence-electron chi connectivity index (χ0n) is 30.5. The number of anilines is 1. The van der Waals surface area contributed by atoms with Gasteiger partial charge < -0.3 is 24.0 Å². The van der Waals surface area contributed by atoms with Gasteiger partial charge in [0.05, 0.1) is 17.5 Å². The number of likely N-dealkylation sites (tertiary alicyclic amines) is 1. The normalized spacial score (nSPS) is 19.0. The Balaban J connectivity index is 1.09. The summed E-state index contributed by atoms with van der Waals surface area (Å²) in [7, 11) is 0. The highest BCUT2D eigenvalue weighted by atomic mass is 35.5. The first kappa shape index (κ1) is 35.8. The molecule has 13 heteroatoms. The van der Waals surface area contributed by atoms with E-state index in [1.165, 1.54) is 0 Å². The number of carbonyl (C=O) groups is 2. The monoisotopic (exact) mass is 752 g/mol. The van der Waals surface area contributed by atoms with E-state index in [0.717, 1.165) is 23.8 Å². The zero-order chi connectivity index (χ0) is 37.6. The molecule has 5 heterocycles. The van der Waals surface area contributed by atoms with Gasteiger partial charge in [-0.3, -0.25) is 9.88 Å². The van der Waals surface area contributed by atoms with Crippen molar-refractivity contribution >= 4 is 51.3 Å². The van der Waals surface area contributed by atoms with Crippen LogP contribution in [0.25, 0.3) is 32.9 Å². The van der Waals surface area contributed by atoms with E-state index in [-0.39, 0.29) is 54.2 Å². The number of nitrogens with zero attached hydrogens (tertiary/aromatic N) is 6. The number of halogens is 2. The van der Waals surface area contributed by atoms with Crippen LogP contribution in [-0.4, -0.2) is 86.9 Å². The molecule has 3 aliphatic heterocycles. The summed E-state index contributed by atoms with van der Waals surface area (Å²) in [4.78, 5) is 45.9. The summed E-state index contributed by atoms with van der Waals surface area (Å²) < 4.78 is 34.7.